The third kappa shape index (κ3) is 4.03. The molecular weight excluding hydrogens is 224 g/mol. The summed E-state index contributed by atoms with van der Waals surface area (Å²) in [6, 6.07) is 2.39. The summed E-state index contributed by atoms with van der Waals surface area (Å²) in [4.78, 5) is 13.8. The Hall–Kier alpha value is -0.730. The molecule has 1 fully saturated rings. The summed E-state index contributed by atoms with van der Waals surface area (Å²) in [5, 5.41) is 17.2. The Morgan fingerprint density at radius 3 is 2.81 bits per heavy atom. The number of carbonyl (C=O) groups is 1. The van der Waals surface area contributed by atoms with Crippen LogP contribution in [0.4, 0.5) is 0 Å². The van der Waals surface area contributed by atoms with Gasteiger partial charge in [0.1, 0.15) is 0 Å². The zero-order valence-corrected chi connectivity index (χ0v) is 10.2. The van der Waals surface area contributed by atoms with Crippen LogP contribution in [0.3, 0.4) is 0 Å². The predicted octanol–water partition coefficient (Wildman–Crippen LogP) is 1.01. The summed E-state index contributed by atoms with van der Waals surface area (Å²) in [5.74, 6) is 0.859. The van der Waals surface area contributed by atoms with Gasteiger partial charge in [0.05, 0.1) is 17.6 Å². The van der Waals surface area contributed by atoms with E-state index in [9.17, 15) is 4.79 Å². The zero-order chi connectivity index (χ0) is 11.8. The van der Waals surface area contributed by atoms with Crippen LogP contribution in [0.2, 0.25) is 0 Å². The van der Waals surface area contributed by atoms with E-state index in [0.29, 0.717) is 30.5 Å². The van der Waals surface area contributed by atoms with Crippen molar-refractivity contribution in [1.29, 1.82) is 5.26 Å². The molecule has 0 bridgehead atoms. The monoisotopic (exact) mass is 242 g/mol. The molecule has 0 spiro atoms. The molecule has 1 amide bonds. The molecule has 16 heavy (non-hydrogen) atoms. The van der Waals surface area contributed by atoms with Crippen LogP contribution < -0.4 is 0 Å². The number of nitriles is 1. The first-order chi connectivity index (χ1) is 7.79. The Morgan fingerprint density at radius 1 is 1.56 bits per heavy atom. The molecule has 0 aromatic rings. The minimum Gasteiger partial charge on any atom is -0.396 e. The van der Waals surface area contributed by atoms with Gasteiger partial charge < -0.3 is 10.0 Å². The first-order valence-electron chi connectivity index (χ1n) is 5.64. The number of carbonyl (C=O) groups excluding carboxylic acids is 1. The van der Waals surface area contributed by atoms with Crippen LogP contribution in [0.1, 0.15) is 25.7 Å². The maximum Gasteiger partial charge on any atom is 0.232 e. The topological polar surface area (TPSA) is 64.3 Å². The molecule has 90 valence electrons. The first-order valence-corrected chi connectivity index (χ1v) is 6.80. The van der Waals surface area contributed by atoms with Crippen molar-refractivity contribution < 1.29 is 9.90 Å². The number of aliphatic hydroxyl groups excluding tert-OH is 1. The maximum atomic E-state index is 11.9. The third-order valence-corrected chi connectivity index (χ3v) is 3.57. The standard InChI is InChI=1S/C11H18N2O2S/c12-5-8-16-9-11(15)13(6-2-7-14)10-3-1-4-10/h10,14H,1-4,6-9H2. The molecule has 0 heterocycles. The maximum absolute atomic E-state index is 11.9. The number of thioether (sulfide) groups is 1. The van der Waals surface area contributed by atoms with E-state index in [1.54, 1.807) is 0 Å². The van der Waals surface area contributed by atoms with Crippen molar-refractivity contribution in [2.45, 2.75) is 31.7 Å². The van der Waals surface area contributed by atoms with Gasteiger partial charge in [-0.2, -0.15) is 5.26 Å². The lowest BCUT2D eigenvalue weighted by atomic mass is 9.91. The molecule has 1 saturated carbocycles. The zero-order valence-electron chi connectivity index (χ0n) is 9.39. The molecule has 0 saturated heterocycles. The van der Waals surface area contributed by atoms with E-state index < -0.39 is 0 Å². The summed E-state index contributed by atoms with van der Waals surface area (Å²) in [6.07, 6.45) is 4.00. The van der Waals surface area contributed by atoms with E-state index in [-0.39, 0.29) is 12.5 Å². The minimum atomic E-state index is 0.110. The van der Waals surface area contributed by atoms with Crippen LogP contribution >= 0.6 is 11.8 Å². The smallest absolute Gasteiger partial charge is 0.232 e. The molecule has 0 aromatic carbocycles. The molecule has 0 radical (unpaired) electrons. The summed E-state index contributed by atoms with van der Waals surface area (Å²) < 4.78 is 0. The molecular formula is C11H18N2O2S. The van der Waals surface area contributed by atoms with Crippen molar-refractivity contribution in [2.24, 2.45) is 0 Å². The second-order valence-electron chi connectivity index (χ2n) is 3.90. The molecule has 1 N–H and O–H groups in total. The molecule has 0 unspecified atom stereocenters. The van der Waals surface area contributed by atoms with Gasteiger partial charge in [0.25, 0.3) is 0 Å². The van der Waals surface area contributed by atoms with Gasteiger partial charge in [0.2, 0.25) is 5.91 Å². The van der Waals surface area contributed by atoms with Crippen molar-refractivity contribution >= 4 is 17.7 Å². The Balaban J connectivity index is 2.34. The van der Waals surface area contributed by atoms with Crippen LogP contribution in [-0.4, -0.2) is 46.6 Å². The largest absolute Gasteiger partial charge is 0.396 e. The van der Waals surface area contributed by atoms with E-state index in [1.165, 1.54) is 18.2 Å². The van der Waals surface area contributed by atoms with Gasteiger partial charge in [-0.1, -0.05) is 0 Å². The summed E-state index contributed by atoms with van der Waals surface area (Å²) in [7, 11) is 0. The Bertz CT molecular complexity index is 261. The molecule has 1 rings (SSSR count). The molecule has 0 atom stereocenters. The number of aliphatic hydroxyl groups is 1. The average molecular weight is 242 g/mol. The fourth-order valence-electron chi connectivity index (χ4n) is 1.72. The number of amides is 1. The van der Waals surface area contributed by atoms with Crippen molar-refractivity contribution in [2.75, 3.05) is 24.7 Å². The van der Waals surface area contributed by atoms with Crippen LogP contribution in [0.5, 0.6) is 0 Å². The third-order valence-electron chi connectivity index (χ3n) is 2.79. The van der Waals surface area contributed by atoms with Gasteiger partial charge in [-0.3, -0.25) is 4.79 Å². The highest BCUT2D eigenvalue weighted by Gasteiger charge is 2.27. The second kappa shape index (κ2) is 7.53. The van der Waals surface area contributed by atoms with Crippen LogP contribution in [0, 0.1) is 11.3 Å². The highest BCUT2D eigenvalue weighted by Crippen LogP contribution is 2.25. The van der Waals surface area contributed by atoms with Crippen LogP contribution in [0.25, 0.3) is 0 Å². The quantitative estimate of drug-likeness (QED) is 0.677. The highest BCUT2D eigenvalue weighted by molar-refractivity contribution is 8.00. The van der Waals surface area contributed by atoms with E-state index in [1.807, 2.05) is 11.0 Å². The second-order valence-corrected chi connectivity index (χ2v) is 4.89. The van der Waals surface area contributed by atoms with Gasteiger partial charge in [0, 0.05) is 19.2 Å². The van der Waals surface area contributed by atoms with Crippen LogP contribution in [0.15, 0.2) is 0 Å². The van der Waals surface area contributed by atoms with Gasteiger partial charge in [-0.15, -0.1) is 11.8 Å². The predicted molar refractivity (Wildman–Crippen MR) is 64.0 cm³/mol. The van der Waals surface area contributed by atoms with E-state index >= 15 is 0 Å². The summed E-state index contributed by atoms with van der Waals surface area (Å²) >= 11 is 1.36. The van der Waals surface area contributed by atoms with Crippen molar-refractivity contribution in [3.63, 3.8) is 0 Å². The van der Waals surface area contributed by atoms with Gasteiger partial charge in [0.15, 0.2) is 0 Å². The molecule has 4 nitrogen and oxygen atoms in total. The molecule has 5 heteroatoms. The molecule has 1 aliphatic rings. The highest BCUT2D eigenvalue weighted by atomic mass is 32.2. The van der Waals surface area contributed by atoms with Gasteiger partial charge in [-0.05, 0) is 25.7 Å². The lowest BCUT2D eigenvalue weighted by Crippen LogP contribution is -2.45. The molecule has 0 aliphatic heterocycles. The summed E-state index contributed by atoms with van der Waals surface area (Å²) in [6.45, 7) is 0.773. The lowest BCUT2D eigenvalue weighted by molar-refractivity contribution is -0.132. The van der Waals surface area contributed by atoms with Crippen molar-refractivity contribution in [3.05, 3.63) is 0 Å². The average Bonchev–Trinajstić information content (AvgIpc) is 2.21. The fraction of sp³-hybridized carbons (Fsp3) is 0.818. The SMILES string of the molecule is N#CCSCC(=O)N(CCCO)C1CCC1. The number of hydrogen-bond acceptors (Lipinski definition) is 4. The fourth-order valence-corrected chi connectivity index (χ4v) is 2.25. The number of hydrogen-bond donors (Lipinski definition) is 1. The van der Waals surface area contributed by atoms with Crippen LogP contribution in [-0.2, 0) is 4.79 Å². The molecule has 0 aromatic heterocycles. The van der Waals surface area contributed by atoms with Gasteiger partial charge >= 0.3 is 0 Å². The Labute approximate surface area is 101 Å². The minimum absolute atomic E-state index is 0.110. The van der Waals surface area contributed by atoms with E-state index in [2.05, 4.69) is 0 Å². The Morgan fingerprint density at radius 2 is 2.31 bits per heavy atom. The normalized spacial score (nSPS) is 15.2. The molecule has 1 aliphatic carbocycles. The number of nitrogens with zero attached hydrogens (tertiary/aromatic N) is 2. The number of rotatable bonds is 7. The Kier molecular flexibility index (Phi) is 6.27. The van der Waals surface area contributed by atoms with E-state index in [0.717, 1.165) is 12.8 Å². The van der Waals surface area contributed by atoms with Crippen molar-refractivity contribution in [1.82, 2.24) is 4.90 Å². The summed E-state index contributed by atoms with van der Waals surface area (Å²) in [5.41, 5.74) is 0. The first kappa shape index (κ1) is 13.3. The lowest BCUT2D eigenvalue weighted by Gasteiger charge is -2.37. The van der Waals surface area contributed by atoms with Gasteiger partial charge in [-0.25, -0.2) is 0 Å². The van der Waals surface area contributed by atoms with Crippen molar-refractivity contribution in [3.8, 4) is 6.07 Å². The van der Waals surface area contributed by atoms with E-state index in [4.69, 9.17) is 10.4 Å².